The van der Waals surface area contributed by atoms with Crippen molar-refractivity contribution >= 4 is 16.8 Å². The SMILES string of the molecule is Cc1c([C@@H]2[C@@H]3CCC(F)(F)[C@@H]3C[C@H]2c2cc(=O)c3c(C(N)=O)nccc3[nH]2)ccc(F)c1F. The fraction of sp³-hybridized carbons (Fsp3) is 0.375. The quantitative estimate of drug-likeness (QED) is 0.564. The third-order valence-electron chi connectivity index (χ3n) is 7.41. The summed E-state index contributed by atoms with van der Waals surface area (Å²) in [6.07, 6.45) is 1.42. The van der Waals surface area contributed by atoms with Gasteiger partial charge in [-0.15, -0.1) is 0 Å². The predicted molar refractivity (Wildman–Crippen MR) is 113 cm³/mol. The van der Waals surface area contributed by atoms with Crippen LogP contribution in [-0.4, -0.2) is 21.8 Å². The molecular formula is C24H21F4N3O2. The summed E-state index contributed by atoms with van der Waals surface area (Å²) in [5.41, 5.74) is 5.93. The van der Waals surface area contributed by atoms with Crippen LogP contribution in [0.25, 0.3) is 10.9 Å². The van der Waals surface area contributed by atoms with E-state index in [0.717, 1.165) is 6.07 Å². The van der Waals surface area contributed by atoms with Gasteiger partial charge in [-0.3, -0.25) is 14.6 Å². The van der Waals surface area contributed by atoms with Crippen LogP contribution >= 0.6 is 0 Å². The minimum Gasteiger partial charge on any atom is -0.364 e. The molecule has 2 saturated carbocycles. The Balaban J connectivity index is 1.69. The maximum Gasteiger partial charge on any atom is 0.268 e. The predicted octanol–water partition coefficient (Wildman–Crippen LogP) is 4.54. The van der Waals surface area contributed by atoms with E-state index < -0.39 is 52.6 Å². The Kier molecular flexibility index (Phi) is 4.84. The maximum absolute atomic E-state index is 14.7. The maximum atomic E-state index is 14.7. The fourth-order valence-electron chi connectivity index (χ4n) is 5.96. The van der Waals surface area contributed by atoms with E-state index in [1.807, 2.05) is 0 Å². The summed E-state index contributed by atoms with van der Waals surface area (Å²) >= 11 is 0. The van der Waals surface area contributed by atoms with Gasteiger partial charge in [0.05, 0.1) is 10.9 Å². The van der Waals surface area contributed by atoms with Crippen molar-refractivity contribution in [2.45, 2.75) is 43.9 Å². The third kappa shape index (κ3) is 3.24. The molecule has 0 bridgehead atoms. The highest BCUT2D eigenvalue weighted by Crippen LogP contribution is 2.63. The molecule has 0 unspecified atom stereocenters. The number of carbonyl (C=O) groups excluding carboxylic acids is 1. The van der Waals surface area contributed by atoms with Crippen LogP contribution in [0.4, 0.5) is 17.6 Å². The standard InChI is InChI=1S/C24H21F4N3O2/c1-10-11(2-3-15(25)21(10)26)19-12-4-6-24(27,28)14(12)8-13(19)17-9-18(32)20-16(31-17)5-7-30-22(20)23(29)33/h2-3,5,7,9,12-14,19H,4,6,8H2,1H3,(H2,29,33)(H,31,32)/t12-,13+,14-,19-/m1/s1. The van der Waals surface area contributed by atoms with Gasteiger partial charge in [0.1, 0.15) is 5.69 Å². The number of halogens is 4. The number of nitrogens with one attached hydrogen (secondary N) is 1. The van der Waals surface area contributed by atoms with Crippen LogP contribution in [0.1, 0.15) is 58.4 Å². The van der Waals surface area contributed by atoms with E-state index in [1.165, 1.54) is 31.3 Å². The number of primary amides is 1. The first-order valence-electron chi connectivity index (χ1n) is 10.7. The lowest BCUT2D eigenvalue weighted by Gasteiger charge is -2.27. The molecule has 3 aromatic rings. The molecule has 2 aliphatic rings. The zero-order chi connectivity index (χ0) is 23.7. The van der Waals surface area contributed by atoms with Crippen molar-refractivity contribution in [3.8, 4) is 0 Å². The lowest BCUT2D eigenvalue weighted by atomic mass is 9.78. The number of pyridine rings is 2. The zero-order valence-electron chi connectivity index (χ0n) is 17.7. The van der Waals surface area contributed by atoms with Gasteiger partial charge in [-0.1, -0.05) is 6.07 Å². The number of carbonyl (C=O) groups is 1. The Morgan fingerprint density at radius 1 is 1.24 bits per heavy atom. The van der Waals surface area contributed by atoms with E-state index in [4.69, 9.17) is 5.73 Å². The summed E-state index contributed by atoms with van der Waals surface area (Å²) in [5, 5.41) is 0.0258. The molecule has 4 atom stereocenters. The number of nitrogens with zero attached hydrogens (tertiary/aromatic N) is 1. The van der Waals surface area contributed by atoms with Gasteiger partial charge in [0.2, 0.25) is 0 Å². The molecule has 0 spiro atoms. The van der Waals surface area contributed by atoms with Crippen LogP contribution < -0.4 is 11.2 Å². The summed E-state index contributed by atoms with van der Waals surface area (Å²) in [4.78, 5) is 31.6. The van der Waals surface area contributed by atoms with Crippen LogP contribution in [0.15, 0.2) is 35.3 Å². The van der Waals surface area contributed by atoms with Gasteiger partial charge in [-0.05, 0) is 54.9 Å². The minimum atomic E-state index is -2.87. The number of H-pyrrole nitrogens is 1. The number of hydrogen-bond acceptors (Lipinski definition) is 3. The summed E-state index contributed by atoms with van der Waals surface area (Å²) in [7, 11) is 0. The van der Waals surface area contributed by atoms with Gasteiger partial charge in [0.25, 0.3) is 11.8 Å². The Bertz CT molecular complexity index is 1350. The highest BCUT2D eigenvalue weighted by Gasteiger charge is 2.59. The van der Waals surface area contributed by atoms with Gasteiger partial charge < -0.3 is 10.7 Å². The topological polar surface area (TPSA) is 88.8 Å². The number of benzene rings is 1. The van der Waals surface area contributed by atoms with Crippen LogP contribution in [0.3, 0.4) is 0 Å². The van der Waals surface area contributed by atoms with E-state index in [1.54, 1.807) is 0 Å². The number of nitrogens with two attached hydrogens (primary N) is 1. The smallest absolute Gasteiger partial charge is 0.268 e. The molecule has 5 rings (SSSR count). The highest BCUT2D eigenvalue weighted by atomic mass is 19.3. The average Bonchev–Trinajstić information content (AvgIpc) is 3.29. The molecule has 0 radical (unpaired) electrons. The first-order valence-corrected chi connectivity index (χ1v) is 10.7. The molecule has 1 aromatic carbocycles. The number of amides is 1. The Hall–Kier alpha value is -3.23. The normalized spacial score (nSPS) is 26.0. The molecule has 1 amide bonds. The van der Waals surface area contributed by atoms with Gasteiger partial charge >= 0.3 is 0 Å². The van der Waals surface area contributed by atoms with Gasteiger partial charge in [0.15, 0.2) is 17.1 Å². The van der Waals surface area contributed by atoms with Gasteiger partial charge in [0, 0.05) is 36.2 Å². The van der Waals surface area contributed by atoms with Gasteiger partial charge in [-0.25, -0.2) is 17.6 Å². The zero-order valence-corrected chi connectivity index (χ0v) is 17.7. The number of aromatic amines is 1. The number of rotatable bonds is 3. The Morgan fingerprint density at radius 3 is 2.73 bits per heavy atom. The van der Waals surface area contributed by atoms with Crippen LogP contribution in [0.2, 0.25) is 0 Å². The number of alkyl halides is 2. The Labute approximate surface area is 186 Å². The van der Waals surface area contributed by atoms with Crippen molar-refractivity contribution in [1.29, 1.82) is 0 Å². The highest BCUT2D eigenvalue weighted by molar-refractivity contribution is 6.03. The van der Waals surface area contributed by atoms with E-state index >= 15 is 0 Å². The van der Waals surface area contributed by atoms with Crippen molar-refractivity contribution in [2.75, 3.05) is 0 Å². The molecule has 172 valence electrons. The molecule has 0 aliphatic heterocycles. The molecule has 0 saturated heterocycles. The molecule has 2 aromatic heterocycles. The van der Waals surface area contributed by atoms with Crippen molar-refractivity contribution in [1.82, 2.24) is 9.97 Å². The average molecular weight is 459 g/mol. The third-order valence-corrected chi connectivity index (χ3v) is 7.41. The second-order valence-electron chi connectivity index (χ2n) is 9.05. The summed E-state index contributed by atoms with van der Waals surface area (Å²) < 4.78 is 57.7. The second kappa shape index (κ2) is 7.40. The van der Waals surface area contributed by atoms with Crippen LogP contribution in [0, 0.1) is 30.4 Å². The molecule has 2 fully saturated rings. The second-order valence-corrected chi connectivity index (χ2v) is 9.05. The number of aromatic nitrogens is 2. The van der Waals surface area contributed by atoms with E-state index in [0.29, 0.717) is 16.8 Å². The van der Waals surface area contributed by atoms with Crippen molar-refractivity contribution in [3.63, 3.8) is 0 Å². The fourth-order valence-corrected chi connectivity index (χ4v) is 5.96. The van der Waals surface area contributed by atoms with Gasteiger partial charge in [-0.2, -0.15) is 0 Å². The first-order chi connectivity index (χ1) is 15.6. The van der Waals surface area contributed by atoms with Crippen molar-refractivity contribution < 1.29 is 22.4 Å². The molecule has 3 N–H and O–H groups in total. The molecular weight excluding hydrogens is 438 g/mol. The minimum absolute atomic E-state index is 0.0258. The number of hydrogen-bond donors (Lipinski definition) is 2. The summed E-state index contributed by atoms with van der Waals surface area (Å²) in [6.45, 7) is 1.44. The van der Waals surface area contributed by atoms with E-state index in [9.17, 15) is 27.2 Å². The van der Waals surface area contributed by atoms with Crippen molar-refractivity contribution in [3.05, 3.63) is 74.8 Å². The monoisotopic (exact) mass is 459 g/mol. The van der Waals surface area contributed by atoms with E-state index in [2.05, 4.69) is 9.97 Å². The first kappa shape index (κ1) is 21.6. The lowest BCUT2D eigenvalue weighted by Crippen LogP contribution is -2.23. The van der Waals surface area contributed by atoms with Crippen LogP contribution in [-0.2, 0) is 0 Å². The molecule has 33 heavy (non-hydrogen) atoms. The molecule has 5 nitrogen and oxygen atoms in total. The van der Waals surface area contributed by atoms with E-state index in [-0.39, 0.29) is 35.9 Å². The Morgan fingerprint density at radius 2 is 2.00 bits per heavy atom. The largest absolute Gasteiger partial charge is 0.364 e. The van der Waals surface area contributed by atoms with Crippen molar-refractivity contribution in [2.24, 2.45) is 17.6 Å². The summed E-state index contributed by atoms with van der Waals surface area (Å²) in [6, 6.07) is 5.26. The summed E-state index contributed by atoms with van der Waals surface area (Å²) in [5.74, 6) is -8.16. The molecule has 9 heteroatoms. The molecule has 2 heterocycles. The number of fused-ring (bicyclic) bond motifs is 2. The molecule has 2 aliphatic carbocycles. The van der Waals surface area contributed by atoms with Crippen LogP contribution in [0.5, 0.6) is 0 Å². The lowest BCUT2D eigenvalue weighted by molar-refractivity contribution is -0.0415.